The highest BCUT2D eigenvalue weighted by atomic mass is 35.5. The number of nitrogens with zero attached hydrogens (tertiary/aromatic N) is 1. The van der Waals surface area contributed by atoms with Crippen LogP contribution in [0.4, 0.5) is 4.79 Å². The summed E-state index contributed by atoms with van der Waals surface area (Å²) in [6.07, 6.45) is -0.423. The number of esters is 1. The zero-order chi connectivity index (χ0) is 18.8. The van der Waals surface area contributed by atoms with Crippen molar-refractivity contribution in [3.8, 4) is 0 Å². The minimum absolute atomic E-state index is 0.209. The molecule has 0 spiro atoms. The molecule has 5 nitrogen and oxygen atoms in total. The number of aryl methyl sites for hydroxylation is 1. The van der Waals surface area contributed by atoms with E-state index in [1.807, 2.05) is 45.9 Å². The quantitative estimate of drug-likeness (QED) is 0.752. The summed E-state index contributed by atoms with van der Waals surface area (Å²) >= 11 is 6.37. The third kappa shape index (κ3) is 4.88. The minimum atomic E-state index is -0.588. The summed E-state index contributed by atoms with van der Waals surface area (Å²) in [6, 6.07) is 5.72. The normalized spacial score (nSPS) is 20.5. The first-order valence-electron chi connectivity index (χ1n) is 8.53. The van der Waals surface area contributed by atoms with Crippen LogP contribution < -0.4 is 0 Å². The third-order valence-electron chi connectivity index (χ3n) is 4.11. The Hall–Kier alpha value is -1.75. The van der Waals surface area contributed by atoms with Gasteiger partial charge in [-0.3, -0.25) is 4.79 Å². The van der Waals surface area contributed by atoms with E-state index in [0.29, 0.717) is 18.2 Å². The van der Waals surface area contributed by atoms with Crippen LogP contribution in [0.2, 0.25) is 5.02 Å². The number of rotatable bonds is 3. The lowest BCUT2D eigenvalue weighted by molar-refractivity contribution is -0.147. The van der Waals surface area contributed by atoms with E-state index in [1.54, 1.807) is 11.8 Å². The first-order valence-corrected chi connectivity index (χ1v) is 8.90. The van der Waals surface area contributed by atoms with Gasteiger partial charge < -0.3 is 14.4 Å². The first-order chi connectivity index (χ1) is 11.6. The highest BCUT2D eigenvalue weighted by Crippen LogP contribution is 2.38. The van der Waals surface area contributed by atoms with Crippen LogP contribution in [0.3, 0.4) is 0 Å². The Morgan fingerprint density at radius 2 is 1.96 bits per heavy atom. The number of benzene rings is 1. The van der Waals surface area contributed by atoms with Crippen LogP contribution in [0.25, 0.3) is 0 Å². The fourth-order valence-electron chi connectivity index (χ4n) is 3.03. The molecule has 1 aliphatic rings. The van der Waals surface area contributed by atoms with Gasteiger partial charge in [0.05, 0.1) is 12.5 Å². The molecule has 1 aromatic rings. The van der Waals surface area contributed by atoms with Gasteiger partial charge in [-0.2, -0.15) is 0 Å². The third-order valence-corrected chi connectivity index (χ3v) is 4.46. The van der Waals surface area contributed by atoms with Crippen molar-refractivity contribution in [2.75, 3.05) is 19.7 Å². The summed E-state index contributed by atoms with van der Waals surface area (Å²) in [4.78, 5) is 26.4. The van der Waals surface area contributed by atoms with Crippen LogP contribution in [0.1, 0.15) is 44.7 Å². The lowest BCUT2D eigenvalue weighted by Crippen LogP contribution is -2.36. The zero-order valence-corrected chi connectivity index (χ0v) is 16.2. The van der Waals surface area contributed by atoms with Gasteiger partial charge >= 0.3 is 12.1 Å². The summed E-state index contributed by atoms with van der Waals surface area (Å²) in [5.41, 5.74) is 1.33. The molecule has 1 aromatic carbocycles. The number of amides is 1. The van der Waals surface area contributed by atoms with Gasteiger partial charge in [-0.05, 0) is 46.2 Å². The molecule has 138 valence electrons. The second kappa shape index (κ2) is 7.65. The van der Waals surface area contributed by atoms with E-state index in [1.165, 1.54) is 0 Å². The highest BCUT2D eigenvalue weighted by molar-refractivity contribution is 6.31. The van der Waals surface area contributed by atoms with E-state index in [0.717, 1.165) is 11.1 Å². The standard InChI is InChI=1S/C19H26ClNO4/c1-6-24-17(22)15-11-21(18(23)25-19(3,4)5)10-14(15)13-9-12(2)7-8-16(13)20/h7-9,14-15H,6,10-11H2,1-5H3/t14-,15-/m1/s1. The van der Waals surface area contributed by atoms with E-state index < -0.39 is 17.6 Å². The number of hydrogen-bond acceptors (Lipinski definition) is 4. The van der Waals surface area contributed by atoms with Crippen molar-refractivity contribution in [2.45, 2.75) is 46.1 Å². The number of carbonyl (C=O) groups is 2. The van der Waals surface area contributed by atoms with Crippen molar-refractivity contribution < 1.29 is 19.1 Å². The molecule has 0 bridgehead atoms. The van der Waals surface area contributed by atoms with Crippen molar-refractivity contribution in [1.29, 1.82) is 0 Å². The molecule has 2 atom stereocenters. The van der Waals surface area contributed by atoms with Crippen molar-refractivity contribution in [3.63, 3.8) is 0 Å². The molecule has 0 aromatic heterocycles. The van der Waals surface area contributed by atoms with Gasteiger partial charge in [0.25, 0.3) is 0 Å². The lowest BCUT2D eigenvalue weighted by Gasteiger charge is -2.24. The smallest absolute Gasteiger partial charge is 0.410 e. The summed E-state index contributed by atoms with van der Waals surface area (Å²) < 4.78 is 10.7. The number of likely N-dealkylation sites (tertiary alicyclic amines) is 1. The monoisotopic (exact) mass is 367 g/mol. The Labute approximate surface area is 154 Å². The summed E-state index contributed by atoms with van der Waals surface area (Å²) in [5, 5.41) is 0.593. The second-order valence-corrected chi connectivity index (χ2v) is 7.78. The largest absolute Gasteiger partial charge is 0.466 e. The summed E-state index contributed by atoms with van der Waals surface area (Å²) in [6.45, 7) is 10.1. The van der Waals surface area contributed by atoms with Crippen molar-refractivity contribution in [1.82, 2.24) is 4.90 Å². The maximum Gasteiger partial charge on any atom is 0.410 e. The minimum Gasteiger partial charge on any atom is -0.466 e. The highest BCUT2D eigenvalue weighted by Gasteiger charge is 2.43. The molecule has 0 unspecified atom stereocenters. The molecule has 1 amide bonds. The van der Waals surface area contributed by atoms with Crippen LogP contribution in [-0.2, 0) is 14.3 Å². The van der Waals surface area contributed by atoms with Crippen molar-refractivity contribution in [2.24, 2.45) is 5.92 Å². The number of ether oxygens (including phenoxy) is 2. The maximum absolute atomic E-state index is 12.4. The number of hydrogen-bond donors (Lipinski definition) is 0. The fourth-order valence-corrected chi connectivity index (χ4v) is 3.29. The molecule has 25 heavy (non-hydrogen) atoms. The Kier molecular flexibility index (Phi) is 5.99. The molecule has 6 heteroatoms. The van der Waals surface area contributed by atoms with Crippen LogP contribution in [-0.4, -0.2) is 42.3 Å². The fraction of sp³-hybridized carbons (Fsp3) is 0.579. The molecule has 1 fully saturated rings. The van der Waals surface area contributed by atoms with E-state index in [2.05, 4.69) is 0 Å². The molecule has 2 rings (SSSR count). The van der Waals surface area contributed by atoms with Gasteiger partial charge in [-0.1, -0.05) is 29.3 Å². The van der Waals surface area contributed by atoms with E-state index in [9.17, 15) is 9.59 Å². The lowest BCUT2D eigenvalue weighted by atomic mass is 9.88. The van der Waals surface area contributed by atoms with E-state index >= 15 is 0 Å². The molecule has 0 saturated carbocycles. The van der Waals surface area contributed by atoms with Gasteiger partial charge in [0, 0.05) is 24.0 Å². The molecule has 1 heterocycles. The SMILES string of the molecule is CCOC(=O)[C@@H]1CN(C(=O)OC(C)(C)C)C[C@@H]1c1cc(C)ccc1Cl. The van der Waals surface area contributed by atoms with Gasteiger partial charge in [0.1, 0.15) is 5.60 Å². The Morgan fingerprint density at radius 3 is 2.56 bits per heavy atom. The summed E-state index contributed by atoms with van der Waals surface area (Å²) in [5.74, 6) is -0.970. The maximum atomic E-state index is 12.4. The summed E-state index contributed by atoms with van der Waals surface area (Å²) in [7, 11) is 0. The van der Waals surface area contributed by atoms with Crippen LogP contribution in [0, 0.1) is 12.8 Å². The Morgan fingerprint density at radius 1 is 1.28 bits per heavy atom. The molecule has 1 aliphatic heterocycles. The predicted octanol–water partition coefficient (Wildman–Crippen LogP) is 4.16. The zero-order valence-electron chi connectivity index (χ0n) is 15.5. The molecule has 0 N–H and O–H groups in total. The van der Waals surface area contributed by atoms with Crippen molar-refractivity contribution in [3.05, 3.63) is 34.3 Å². The number of carbonyl (C=O) groups excluding carboxylic acids is 2. The molecule has 0 radical (unpaired) electrons. The second-order valence-electron chi connectivity index (χ2n) is 7.38. The van der Waals surface area contributed by atoms with E-state index in [4.69, 9.17) is 21.1 Å². The van der Waals surface area contributed by atoms with Crippen LogP contribution in [0.15, 0.2) is 18.2 Å². The molecule has 1 saturated heterocycles. The van der Waals surface area contributed by atoms with Crippen LogP contribution >= 0.6 is 11.6 Å². The Balaban J connectivity index is 2.30. The average molecular weight is 368 g/mol. The van der Waals surface area contributed by atoms with Gasteiger partial charge in [0.15, 0.2) is 0 Å². The van der Waals surface area contributed by atoms with Gasteiger partial charge in [-0.15, -0.1) is 0 Å². The average Bonchev–Trinajstić information content (AvgIpc) is 2.93. The first kappa shape index (κ1) is 19.6. The van der Waals surface area contributed by atoms with Crippen molar-refractivity contribution >= 4 is 23.7 Å². The van der Waals surface area contributed by atoms with Gasteiger partial charge in [-0.25, -0.2) is 4.79 Å². The predicted molar refractivity (Wildman–Crippen MR) is 96.9 cm³/mol. The number of halogens is 1. The molecule has 0 aliphatic carbocycles. The van der Waals surface area contributed by atoms with E-state index in [-0.39, 0.29) is 18.4 Å². The van der Waals surface area contributed by atoms with Crippen LogP contribution in [0.5, 0.6) is 0 Å². The Bertz CT molecular complexity index is 653. The molecular weight excluding hydrogens is 342 g/mol. The topological polar surface area (TPSA) is 55.8 Å². The molecular formula is C19H26ClNO4. The van der Waals surface area contributed by atoms with Gasteiger partial charge in [0.2, 0.25) is 0 Å².